The molecule has 47 heavy (non-hydrogen) atoms. The lowest BCUT2D eigenvalue weighted by atomic mass is 9.86. The van der Waals surface area contributed by atoms with Crippen LogP contribution < -0.4 is 18.5 Å². The number of rotatable bonds is 4. The van der Waals surface area contributed by atoms with Gasteiger partial charge in [0.1, 0.15) is 23.0 Å². The second-order valence-electron chi connectivity index (χ2n) is 10.5. The molecule has 1 aliphatic heterocycles. The van der Waals surface area contributed by atoms with Gasteiger partial charge in [-0.25, -0.2) is 4.57 Å². The largest absolute Gasteiger partial charge is 0.584 e. The van der Waals surface area contributed by atoms with Gasteiger partial charge in [0.15, 0.2) is 0 Å². The van der Waals surface area contributed by atoms with Crippen LogP contribution in [0.5, 0.6) is 23.0 Å². The third kappa shape index (κ3) is 6.05. The molecular weight excluding hydrogens is 649 g/mol. The highest BCUT2D eigenvalue weighted by Crippen LogP contribution is 2.61. The summed E-state index contributed by atoms with van der Waals surface area (Å²) in [6, 6.07) is 27.5. The first-order valence-corrected chi connectivity index (χ1v) is 15.3. The van der Waals surface area contributed by atoms with E-state index in [1.54, 1.807) is 60.7 Å². The van der Waals surface area contributed by atoms with Crippen LogP contribution in [0.15, 0.2) is 109 Å². The molecule has 0 atom stereocenters. The molecule has 238 valence electrons. The number of benzene rings is 6. The molecule has 7 rings (SSSR count). The third-order valence-electron chi connectivity index (χ3n) is 7.46. The van der Waals surface area contributed by atoms with Crippen LogP contribution in [0, 0.1) is 0 Å². The smallest absolute Gasteiger partial charge is 0.406 e. The molecule has 6 aromatic carbocycles. The SMILES string of the molecule is O=P1(O)Oc2c(-c3ccc(OC(F)(F)F)cc3)cc3ccccc3c2-c2c(c(-c3ccc(OC(F)(F)F)cc3)cc3ccccc23)O1. The van der Waals surface area contributed by atoms with E-state index in [-0.39, 0.29) is 22.6 Å². The van der Waals surface area contributed by atoms with E-state index >= 15 is 0 Å². The van der Waals surface area contributed by atoms with E-state index in [1.165, 1.54) is 24.3 Å². The van der Waals surface area contributed by atoms with E-state index in [9.17, 15) is 35.8 Å². The fourth-order valence-corrected chi connectivity index (χ4v) is 6.57. The Balaban J connectivity index is 1.53. The van der Waals surface area contributed by atoms with Gasteiger partial charge in [-0.05, 0) is 69.1 Å². The Morgan fingerprint density at radius 2 is 0.915 bits per heavy atom. The zero-order valence-electron chi connectivity index (χ0n) is 23.6. The van der Waals surface area contributed by atoms with Crippen LogP contribution in [-0.2, 0) is 4.57 Å². The minimum absolute atomic E-state index is 0.0611. The molecule has 1 aliphatic rings. The number of phosphoric acid groups is 1. The first kappa shape index (κ1) is 30.5. The van der Waals surface area contributed by atoms with E-state index < -0.39 is 32.0 Å². The normalized spacial score (nSPS) is 14.0. The fraction of sp³-hybridized carbons (Fsp3) is 0.0588. The molecule has 0 spiro atoms. The van der Waals surface area contributed by atoms with Gasteiger partial charge in [-0.2, -0.15) is 0 Å². The van der Waals surface area contributed by atoms with Gasteiger partial charge in [0, 0.05) is 22.3 Å². The summed E-state index contributed by atoms with van der Waals surface area (Å²) < 4.78 is 110. The number of halogens is 6. The Morgan fingerprint density at radius 3 is 1.28 bits per heavy atom. The first-order valence-electron chi connectivity index (χ1n) is 13.8. The molecule has 1 N–H and O–H groups in total. The average molecular weight is 668 g/mol. The van der Waals surface area contributed by atoms with Crippen LogP contribution in [0.1, 0.15) is 0 Å². The van der Waals surface area contributed by atoms with Crippen molar-refractivity contribution in [3.05, 3.63) is 109 Å². The van der Waals surface area contributed by atoms with Crippen LogP contribution in [0.25, 0.3) is 54.9 Å². The van der Waals surface area contributed by atoms with Crippen LogP contribution in [0.4, 0.5) is 26.3 Å². The van der Waals surface area contributed by atoms with Gasteiger partial charge < -0.3 is 18.5 Å². The summed E-state index contributed by atoms with van der Waals surface area (Å²) in [5.41, 5.74) is 2.00. The van der Waals surface area contributed by atoms with E-state index in [2.05, 4.69) is 9.47 Å². The predicted octanol–water partition coefficient (Wildman–Crippen LogP) is 10.7. The van der Waals surface area contributed by atoms with Crippen molar-refractivity contribution in [1.29, 1.82) is 0 Å². The summed E-state index contributed by atoms with van der Waals surface area (Å²) >= 11 is 0. The summed E-state index contributed by atoms with van der Waals surface area (Å²) in [4.78, 5) is 11.1. The molecule has 13 heteroatoms. The van der Waals surface area contributed by atoms with Crippen molar-refractivity contribution in [2.45, 2.75) is 12.7 Å². The first-order chi connectivity index (χ1) is 22.2. The number of ether oxygens (including phenoxy) is 2. The molecule has 0 radical (unpaired) electrons. The van der Waals surface area contributed by atoms with Gasteiger partial charge in [-0.1, -0.05) is 72.8 Å². The maximum absolute atomic E-state index is 13.7. The zero-order valence-corrected chi connectivity index (χ0v) is 24.5. The van der Waals surface area contributed by atoms with Crippen LogP contribution in [0.3, 0.4) is 0 Å². The van der Waals surface area contributed by atoms with Crippen molar-refractivity contribution < 1.29 is 54.3 Å². The summed E-state index contributed by atoms with van der Waals surface area (Å²) in [5, 5.41) is 2.55. The Hall–Kier alpha value is -5.19. The Bertz CT molecular complexity index is 2060. The van der Waals surface area contributed by atoms with E-state index in [0.717, 1.165) is 24.3 Å². The molecular formula is C34H19F6O6P. The number of phosphoric ester groups is 1. The van der Waals surface area contributed by atoms with Crippen molar-refractivity contribution >= 4 is 29.4 Å². The molecule has 0 aromatic heterocycles. The van der Waals surface area contributed by atoms with E-state index in [0.29, 0.717) is 43.8 Å². The minimum Gasteiger partial charge on any atom is -0.406 e. The van der Waals surface area contributed by atoms with Gasteiger partial charge in [-0.15, -0.1) is 26.3 Å². The van der Waals surface area contributed by atoms with Gasteiger partial charge in [-0.3, -0.25) is 4.89 Å². The number of fused-ring (bicyclic) bond motifs is 7. The topological polar surface area (TPSA) is 74.2 Å². The van der Waals surface area contributed by atoms with Crippen molar-refractivity contribution in [3.8, 4) is 56.4 Å². The number of hydrogen-bond donors (Lipinski definition) is 1. The zero-order chi connectivity index (χ0) is 33.1. The molecule has 6 aromatic rings. The molecule has 0 aliphatic carbocycles. The lowest BCUT2D eigenvalue weighted by Crippen LogP contribution is -2.16. The second kappa shape index (κ2) is 11.0. The molecule has 1 heterocycles. The van der Waals surface area contributed by atoms with Gasteiger partial charge in [0.25, 0.3) is 0 Å². The maximum Gasteiger partial charge on any atom is 0.584 e. The Labute approximate surface area is 261 Å². The second-order valence-corrected chi connectivity index (χ2v) is 11.8. The lowest BCUT2D eigenvalue weighted by Gasteiger charge is -2.19. The van der Waals surface area contributed by atoms with Crippen LogP contribution in [0.2, 0.25) is 0 Å². The van der Waals surface area contributed by atoms with Gasteiger partial charge in [0.05, 0.1) is 0 Å². The van der Waals surface area contributed by atoms with Crippen molar-refractivity contribution in [1.82, 2.24) is 0 Å². The molecule has 0 saturated carbocycles. The molecule has 0 amide bonds. The number of alkyl halides is 6. The minimum atomic E-state index is -4.97. The van der Waals surface area contributed by atoms with Gasteiger partial charge in [0.2, 0.25) is 0 Å². The summed E-state index contributed by atoms with van der Waals surface area (Å²) in [6.07, 6.45) is -9.81. The summed E-state index contributed by atoms with van der Waals surface area (Å²) in [7, 11) is -4.97. The molecule has 6 nitrogen and oxygen atoms in total. The third-order valence-corrected chi connectivity index (χ3v) is 8.29. The molecule has 0 bridgehead atoms. The highest BCUT2D eigenvalue weighted by Gasteiger charge is 2.38. The van der Waals surface area contributed by atoms with E-state index in [4.69, 9.17) is 9.05 Å². The Morgan fingerprint density at radius 1 is 0.553 bits per heavy atom. The van der Waals surface area contributed by atoms with Gasteiger partial charge >= 0.3 is 20.5 Å². The quantitative estimate of drug-likeness (QED) is 0.149. The van der Waals surface area contributed by atoms with Crippen molar-refractivity contribution in [2.24, 2.45) is 0 Å². The van der Waals surface area contributed by atoms with Crippen molar-refractivity contribution in [3.63, 3.8) is 0 Å². The Kier molecular flexibility index (Phi) is 7.11. The molecule has 0 fully saturated rings. The van der Waals surface area contributed by atoms with Crippen LogP contribution in [-0.4, -0.2) is 17.6 Å². The average Bonchev–Trinajstić information content (AvgIpc) is 3.13. The highest BCUT2D eigenvalue weighted by atomic mass is 31.2. The highest BCUT2D eigenvalue weighted by molar-refractivity contribution is 7.48. The lowest BCUT2D eigenvalue weighted by molar-refractivity contribution is -0.275. The molecule has 0 unspecified atom stereocenters. The summed E-state index contributed by atoms with van der Waals surface area (Å²) in [5.74, 6) is -1.04. The standard InChI is InChI=1S/C34H19F6O6P/c35-33(36,37)43-23-13-9-19(10-14-23)27-17-21-5-1-3-7-25(21)29-30-26-8-4-2-6-22(26)18-28(32(30)46-47(41,42)45-31(27)29)20-11-15-24(16-12-20)44-34(38,39)40/h1-18H,(H,41,42). The molecule has 0 saturated heterocycles. The fourth-order valence-electron chi connectivity index (χ4n) is 5.69. The van der Waals surface area contributed by atoms with Crippen LogP contribution >= 0.6 is 7.82 Å². The number of hydrogen-bond acceptors (Lipinski definition) is 5. The van der Waals surface area contributed by atoms with Crippen molar-refractivity contribution in [2.75, 3.05) is 0 Å². The van der Waals surface area contributed by atoms with E-state index in [1.807, 2.05) is 0 Å². The monoisotopic (exact) mass is 668 g/mol. The summed E-state index contributed by atoms with van der Waals surface area (Å²) in [6.45, 7) is 0. The predicted molar refractivity (Wildman–Crippen MR) is 162 cm³/mol. The maximum atomic E-state index is 13.7.